The Morgan fingerprint density at radius 1 is 1.56 bits per heavy atom. The minimum absolute atomic E-state index is 0.351. The summed E-state index contributed by atoms with van der Waals surface area (Å²) in [6, 6.07) is 3.02. The van der Waals surface area contributed by atoms with E-state index in [0.29, 0.717) is 28.2 Å². The van der Waals surface area contributed by atoms with Crippen molar-refractivity contribution in [3.05, 3.63) is 22.4 Å². The Kier molecular flexibility index (Phi) is 4.01. The molecule has 0 aliphatic heterocycles. The van der Waals surface area contributed by atoms with E-state index in [0.717, 1.165) is 11.9 Å². The number of nitrogens with two attached hydrogens (primary N) is 1. The molecule has 4 nitrogen and oxygen atoms in total. The van der Waals surface area contributed by atoms with Gasteiger partial charge in [0.1, 0.15) is 5.82 Å². The molecule has 1 heterocycles. The van der Waals surface area contributed by atoms with Gasteiger partial charge in [0.25, 0.3) is 0 Å². The van der Waals surface area contributed by atoms with Crippen molar-refractivity contribution in [1.29, 1.82) is 0 Å². The van der Waals surface area contributed by atoms with Crippen molar-refractivity contribution < 1.29 is 8.60 Å². The van der Waals surface area contributed by atoms with Crippen LogP contribution in [0.2, 0.25) is 0 Å². The molecule has 98 valence electrons. The number of anilines is 1. The van der Waals surface area contributed by atoms with Crippen LogP contribution in [0.4, 0.5) is 10.3 Å². The number of aromatic nitrogens is 2. The second-order valence-electron chi connectivity index (χ2n) is 4.01. The second kappa shape index (κ2) is 5.36. The van der Waals surface area contributed by atoms with E-state index < -0.39 is 10.8 Å². The van der Waals surface area contributed by atoms with Crippen molar-refractivity contribution in [2.24, 2.45) is 0 Å². The SMILES string of the molecule is CS(=O)CCCn1c(N)nc2cc(F)c(Br)cc21. The number of hydrogen-bond acceptors (Lipinski definition) is 3. The van der Waals surface area contributed by atoms with Gasteiger partial charge in [-0.3, -0.25) is 4.21 Å². The van der Waals surface area contributed by atoms with Gasteiger partial charge in [0.15, 0.2) is 0 Å². The highest BCUT2D eigenvalue weighted by molar-refractivity contribution is 9.10. The molecule has 0 amide bonds. The predicted molar refractivity (Wildman–Crippen MR) is 75.4 cm³/mol. The summed E-state index contributed by atoms with van der Waals surface area (Å²) in [5.74, 6) is 0.604. The molecule has 2 N–H and O–H groups in total. The molecule has 1 aromatic heterocycles. The first-order chi connectivity index (χ1) is 8.49. The van der Waals surface area contributed by atoms with Gasteiger partial charge in [0.2, 0.25) is 5.95 Å². The number of nitrogen functional groups attached to an aromatic ring is 1. The van der Waals surface area contributed by atoms with Crippen LogP contribution in [-0.2, 0) is 17.3 Å². The van der Waals surface area contributed by atoms with E-state index in [1.165, 1.54) is 6.07 Å². The van der Waals surface area contributed by atoms with Crippen LogP contribution in [0.5, 0.6) is 0 Å². The monoisotopic (exact) mass is 333 g/mol. The van der Waals surface area contributed by atoms with E-state index in [1.807, 2.05) is 4.57 Å². The van der Waals surface area contributed by atoms with Gasteiger partial charge in [-0.05, 0) is 28.4 Å². The molecule has 0 radical (unpaired) electrons. The van der Waals surface area contributed by atoms with Crippen molar-refractivity contribution >= 4 is 43.7 Å². The lowest BCUT2D eigenvalue weighted by atomic mass is 10.3. The topological polar surface area (TPSA) is 60.9 Å². The van der Waals surface area contributed by atoms with Crippen molar-refractivity contribution in [3.63, 3.8) is 0 Å². The third-order valence-electron chi connectivity index (χ3n) is 2.63. The fraction of sp³-hybridized carbons (Fsp3) is 0.364. The number of halogens is 2. The zero-order chi connectivity index (χ0) is 13.3. The van der Waals surface area contributed by atoms with Gasteiger partial charge in [-0.1, -0.05) is 0 Å². The van der Waals surface area contributed by atoms with E-state index in [1.54, 1.807) is 12.3 Å². The molecule has 18 heavy (non-hydrogen) atoms. The zero-order valence-corrected chi connectivity index (χ0v) is 12.2. The average molecular weight is 334 g/mol. The Bertz CT molecular complexity index is 614. The molecule has 0 spiro atoms. The van der Waals surface area contributed by atoms with Gasteiger partial charge in [-0.25, -0.2) is 9.37 Å². The van der Waals surface area contributed by atoms with Gasteiger partial charge < -0.3 is 10.3 Å². The Hall–Kier alpha value is -0.950. The van der Waals surface area contributed by atoms with Crippen LogP contribution >= 0.6 is 15.9 Å². The van der Waals surface area contributed by atoms with Gasteiger partial charge >= 0.3 is 0 Å². The fourth-order valence-electron chi connectivity index (χ4n) is 1.80. The fourth-order valence-corrected chi connectivity index (χ4v) is 2.67. The maximum absolute atomic E-state index is 13.4. The van der Waals surface area contributed by atoms with Crippen molar-refractivity contribution in [2.45, 2.75) is 13.0 Å². The third-order valence-corrected chi connectivity index (χ3v) is 4.10. The molecule has 2 rings (SSSR count). The van der Waals surface area contributed by atoms with Crippen LogP contribution in [0.25, 0.3) is 11.0 Å². The first-order valence-corrected chi connectivity index (χ1v) is 7.92. The molecule has 7 heteroatoms. The molecule has 1 atom stereocenters. The predicted octanol–water partition coefficient (Wildman–Crippen LogP) is 2.29. The van der Waals surface area contributed by atoms with Crippen molar-refractivity contribution in [2.75, 3.05) is 17.7 Å². The molecule has 1 aromatic carbocycles. The molecule has 0 bridgehead atoms. The summed E-state index contributed by atoms with van der Waals surface area (Å²) < 4.78 is 26.6. The van der Waals surface area contributed by atoms with Crippen molar-refractivity contribution in [3.8, 4) is 0 Å². The maximum atomic E-state index is 13.4. The number of aryl methyl sites for hydroxylation is 1. The van der Waals surface area contributed by atoms with Crippen molar-refractivity contribution in [1.82, 2.24) is 9.55 Å². The van der Waals surface area contributed by atoms with E-state index >= 15 is 0 Å². The average Bonchev–Trinajstić information content (AvgIpc) is 2.56. The Balaban J connectivity index is 2.34. The van der Waals surface area contributed by atoms with Crippen LogP contribution < -0.4 is 5.73 Å². The normalized spacial score (nSPS) is 13.1. The lowest BCUT2D eigenvalue weighted by Crippen LogP contribution is -2.06. The number of imidazole rings is 1. The van der Waals surface area contributed by atoms with Gasteiger partial charge in [-0.2, -0.15) is 0 Å². The number of nitrogens with zero attached hydrogens (tertiary/aromatic N) is 2. The zero-order valence-electron chi connectivity index (χ0n) is 9.82. The summed E-state index contributed by atoms with van der Waals surface area (Å²) in [6.07, 6.45) is 2.41. The first-order valence-electron chi connectivity index (χ1n) is 5.40. The van der Waals surface area contributed by atoms with Crippen LogP contribution in [0.1, 0.15) is 6.42 Å². The minimum atomic E-state index is -0.819. The number of rotatable bonds is 4. The highest BCUT2D eigenvalue weighted by atomic mass is 79.9. The Morgan fingerprint density at radius 2 is 2.28 bits per heavy atom. The van der Waals surface area contributed by atoms with Gasteiger partial charge in [-0.15, -0.1) is 0 Å². The molecule has 0 fully saturated rings. The second-order valence-corrected chi connectivity index (χ2v) is 6.42. The summed E-state index contributed by atoms with van der Waals surface area (Å²) in [4.78, 5) is 4.12. The quantitative estimate of drug-likeness (QED) is 0.933. The van der Waals surface area contributed by atoms with Crippen LogP contribution in [0.3, 0.4) is 0 Å². The molecule has 0 saturated carbocycles. The molecule has 2 aromatic rings. The van der Waals surface area contributed by atoms with E-state index in [9.17, 15) is 8.60 Å². The van der Waals surface area contributed by atoms with E-state index in [2.05, 4.69) is 20.9 Å². The lowest BCUT2D eigenvalue weighted by Gasteiger charge is -2.05. The van der Waals surface area contributed by atoms with Crippen LogP contribution in [0, 0.1) is 5.82 Å². The minimum Gasteiger partial charge on any atom is -0.369 e. The largest absolute Gasteiger partial charge is 0.369 e. The first kappa shape index (κ1) is 13.5. The van der Waals surface area contributed by atoms with Crippen LogP contribution in [0.15, 0.2) is 16.6 Å². The number of fused-ring (bicyclic) bond motifs is 1. The van der Waals surface area contributed by atoms with E-state index in [-0.39, 0.29) is 5.82 Å². The molecular weight excluding hydrogens is 321 g/mol. The number of hydrogen-bond donors (Lipinski definition) is 1. The Morgan fingerprint density at radius 3 is 2.94 bits per heavy atom. The molecule has 1 unspecified atom stereocenters. The maximum Gasteiger partial charge on any atom is 0.201 e. The molecule has 0 aliphatic rings. The summed E-state index contributed by atoms with van der Waals surface area (Å²) in [5.41, 5.74) is 7.12. The van der Waals surface area contributed by atoms with Crippen LogP contribution in [-0.4, -0.2) is 25.8 Å². The smallest absolute Gasteiger partial charge is 0.201 e. The molecular formula is C11H13BrFN3OS. The van der Waals surface area contributed by atoms with Gasteiger partial charge in [0, 0.05) is 35.4 Å². The molecule has 0 saturated heterocycles. The molecule has 0 aliphatic carbocycles. The summed E-state index contributed by atoms with van der Waals surface area (Å²) in [5, 5.41) is 0. The lowest BCUT2D eigenvalue weighted by molar-refractivity contribution is 0.622. The third kappa shape index (κ3) is 2.72. The van der Waals surface area contributed by atoms with Gasteiger partial charge in [0.05, 0.1) is 15.5 Å². The highest BCUT2D eigenvalue weighted by Crippen LogP contribution is 2.25. The summed E-state index contributed by atoms with van der Waals surface area (Å²) >= 11 is 3.15. The highest BCUT2D eigenvalue weighted by Gasteiger charge is 2.11. The standard InChI is InChI=1S/C11H13BrFN3OS/c1-18(17)4-2-3-16-10-5-7(12)8(13)6-9(10)15-11(16)14/h5-6H,2-4H2,1H3,(H2,14,15). The van der Waals surface area contributed by atoms with E-state index in [4.69, 9.17) is 5.73 Å². The Labute approximate surface area is 115 Å². The summed E-state index contributed by atoms with van der Waals surface area (Å²) in [6.45, 7) is 0.625. The summed E-state index contributed by atoms with van der Waals surface area (Å²) in [7, 11) is -0.819. The number of benzene rings is 1.